The van der Waals surface area contributed by atoms with Gasteiger partial charge in [-0.1, -0.05) is 15.9 Å². The van der Waals surface area contributed by atoms with E-state index in [0.29, 0.717) is 16.9 Å². The first kappa shape index (κ1) is 14.3. The minimum atomic E-state index is -0.159. The van der Waals surface area contributed by atoms with Crippen LogP contribution in [0.2, 0.25) is 0 Å². The van der Waals surface area contributed by atoms with E-state index in [4.69, 9.17) is 5.73 Å². The third-order valence-corrected chi connectivity index (χ3v) is 3.85. The van der Waals surface area contributed by atoms with Gasteiger partial charge in [0.1, 0.15) is 0 Å². The second-order valence-electron chi connectivity index (χ2n) is 4.15. The third kappa shape index (κ3) is 3.48. The lowest BCUT2D eigenvalue weighted by Gasteiger charge is -2.12. The van der Waals surface area contributed by atoms with Crippen LogP contribution in [-0.4, -0.2) is 5.91 Å². The second kappa shape index (κ2) is 5.92. The number of halogens is 2. The molecule has 2 rings (SSSR count). The van der Waals surface area contributed by atoms with Gasteiger partial charge in [0.25, 0.3) is 5.91 Å². The Morgan fingerprint density at radius 3 is 2.47 bits per heavy atom. The summed E-state index contributed by atoms with van der Waals surface area (Å²) in [5, 5.41) is 2.85. The number of anilines is 2. The second-order valence-corrected chi connectivity index (χ2v) is 6.31. The molecule has 0 aliphatic heterocycles. The summed E-state index contributed by atoms with van der Waals surface area (Å²) in [5.41, 5.74) is 8.67. The molecule has 0 aliphatic carbocycles. The highest BCUT2D eigenvalue weighted by Gasteiger charge is 2.10. The highest BCUT2D eigenvalue weighted by Crippen LogP contribution is 2.28. The summed E-state index contributed by atoms with van der Waals surface area (Å²) >= 11 is 5.57. The minimum Gasteiger partial charge on any atom is -0.397 e. The van der Waals surface area contributed by atoms with Crippen LogP contribution in [0.3, 0.4) is 0 Å². The maximum absolute atomic E-state index is 12.1. The Kier molecular flexibility index (Phi) is 4.46. The smallest absolute Gasteiger partial charge is 0.255 e. The summed E-state index contributed by atoms with van der Waals surface area (Å²) in [6.07, 6.45) is 0. The Balaban J connectivity index is 2.26. The lowest BCUT2D eigenvalue weighted by Crippen LogP contribution is -2.14. The van der Waals surface area contributed by atoms with Crippen molar-refractivity contribution in [3.63, 3.8) is 0 Å². The average molecular weight is 431 g/mol. The summed E-state index contributed by atoms with van der Waals surface area (Å²) in [5.74, 6) is -0.159. The van der Waals surface area contributed by atoms with Gasteiger partial charge < -0.3 is 11.1 Å². The van der Waals surface area contributed by atoms with E-state index in [1.165, 1.54) is 0 Å². The summed E-state index contributed by atoms with van der Waals surface area (Å²) in [4.78, 5) is 12.1. The van der Waals surface area contributed by atoms with Crippen LogP contribution in [-0.2, 0) is 0 Å². The summed E-state index contributed by atoms with van der Waals surface area (Å²) in [7, 11) is 0. The quantitative estimate of drug-likeness (QED) is 0.554. The van der Waals surface area contributed by atoms with Crippen LogP contribution < -0.4 is 11.1 Å². The fourth-order valence-electron chi connectivity index (χ4n) is 1.73. The van der Waals surface area contributed by atoms with Gasteiger partial charge in [-0.3, -0.25) is 4.79 Å². The van der Waals surface area contributed by atoms with Crippen LogP contribution in [0.5, 0.6) is 0 Å². The van der Waals surface area contributed by atoms with E-state index in [2.05, 4.69) is 43.8 Å². The van der Waals surface area contributed by atoms with Crippen molar-refractivity contribution in [1.82, 2.24) is 0 Å². The molecule has 0 saturated heterocycles. The van der Waals surface area contributed by atoms with Gasteiger partial charge in [0.15, 0.2) is 0 Å². The van der Waals surface area contributed by atoms with Crippen LogP contribution in [0, 0.1) is 10.5 Å². The molecule has 5 heteroatoms. The Bertz CT molecular complexity index is 603. The lowest BCUT2D eigenvalue weighted by molar-refractivity contribution is 0.102. The first-order valence-electron chi connectivity index (χ1n) is 5.60. The number of nitrogens with two attached hydrogens (primary N) is 1. The molecule has 0 bridgehead atoms. The van der Waals surface area contributed by atoms with Gasteiger partial charge >= 0.3 is 0 Å². The van der Waals surface area contributed by atoms with Gasteiger partial charge in [0.2, 0.25) is 0 Å². The molecule has 0 radical (unpaired) electrons. The van der Waals surface area contributed by atoms with E-state index in [-0.39, 0.29) is 5.91 Å². The number of nitrogens with one attached hydrogen (secondary N) is 1. The third-order valence-electron chi connectivity index (χ3n) is 2.68. The Morgan fingerprint density at radius 2 is 1.89 bits per heavy atom. The number of amides is 1. The number of aryl methyl sites for hydroxylation is 1. The van der Waals surface area contributed by atoms with Crippen LogP contribution in [0.25, 0.3) is 0 Å². The first-order valence-corrected chi connectivity index (χ1v) is 7.47. The molecule has 0 unspecified atom stereocenters. The average Bonchev–Trinajstić information content (AvgIpc) is 2.34. The van der Waals surface area contributed by atoms with Crippen molar-refractivity contribution in [3.05, 3.63) is 55.6 Å². The molecule has 0 atom stereocenters. The van der Waals surface area contributed by atoms with Crippen molar-refractivity contribution in [1.29, 1.82) is 0 Å². The van der Waals surface area contributed by atoms with E-state index < -0.39 is 0 Å². The molecule has 1 amide bonds. The van der Waals surface area contributed by atoms with Crippen molar-refractivity contribution in [2.45, 2.75) is 6.92 Å². The van der Waals surface area contributed by atoms with Gasteiger partial charge in [-0.25, -0.2) is 0 Å². The maximum atomic E-state index is 12.1. The number of nitrogen functional groups attached to an aromatic ring is 1. The standard InChI is InChI=1S/C14H12BrIN2O/c1-8-6-10(15)7-12(17)13(8)18-14(19)9-2-4-11(16)5-3-9/h2-7H,17H2,1H3,(H,18,19). The normalized spacial score (nSPS) is 10.3. The van der Waals surface area contributed by atoms with Gasteiger partial charge in [-0.15, -0.1) is 0 Å². The molecule has 0 fully saturated rings. The number of rotatable bonds is 2. The van der Waals surface area contributed by atoms with E-state index in [9.17, 15) is 4.79 Å². The van der Waals surface area contributed by atoms with E-state index >= 15 is 0 Å². The van der Waals surface area contributed by atoms with Crippen molar-refractivity contribution in [2.24, 2.45) is 0 Å². The van der Waals surface area contributed by atoms with Crippen LogP contribution in [0.4, 0.5) is 11.4 Å². The largest absolute Gasteiger partial charge is 0.397 e. The van der Waals surface area contributed by atoms with E-state index in [0.717, 1.165) is 13.6 Å². The highest BCUT2D eigenvalue weighted by atomic mass is 127. The molecule has 2 aromatic rings. The fourth-order valence-corrected chi connectivity index (χ4v) is 2.68. The lowest BCUT2D eigenvalue weighted by atomic mass is 10.1. The molecular formula is C14H12BrIN2O. The zero-order valence-electron chi connectivity index (χ0n) is 10.2. The van der Waals surface area contributed by atoms with E-state index in [1.807, 2.05) is 25.1 Å². The highest BCUT2D eigenvalue weighted by molar-refractivity contribution is 14.1. The van der Waals surface area contributed by atoms with Crippen LogP contribution in [0.15, 0.2) is 40.9 Å². The molecule has 3 N–H and O–H groups in total. The monoisotopic (exact) mass is 430 g/mol. The maximum Gasteiger partial charge on any atom is 0.255 e. The Labute approximate surface area is 133 Å². The first-order chi connectivity index (χ1) is 8.97. The van der Waals surface area contributed by atoms with E-state index in [1.54, 1.807) is 18.2 Å². The molecular weight excluding hydrogens is 419 g/mol. The number of hydrogen-bond donors (Lipinski definition) is 2. The molecule has 0 saturated carbocycles. The van der Waals surface area contributed by atoms with Crippen LogP contribution >= 0.6 is 38.5 Å². The molecule has 2 aromatic carbocycles. The van der Waals surface area contributed by atoms with Gasteiger partial charge in [0, 0.05) is 13.6 Å². The fraction of sp³-hybridized carbons (Fsp3) is 0.0714. The molecule has 98 valence electrons. The molecule has 0 aliphatic rings. The summed E-state index contributed by atoms with van der Waals surface area (Å²) < 4.78 is 1.99. The van der Waals surface area contributed by atoms with Gasteiger partial charge in [0.05, 0.1) is 11.4 Å². The number of hydrogen-bond acceptors (Lipinski definition) is 2. The van der Waals surface area contributed by atoms with Crippen molar-refractivity contribution in [2.75, 3.05) is 11.1 Å². The van der Waals surface area contributed by atoms with Crippen molar-refractivity contribution < 1.29 is 4.79 Å². The molecule has 0 aromatic heterocycles. The molecule has 3 nitrogen and oxygen atoms in total. The summed E-state index contributed by atoms with van der Waals surface area (Å²) in [6.45, 7) is 1.91. The zero-order chi connectivity index (χ0) is 14.0. The van der Waals surface area contributed by atoms with Crippen LogP contribution in [0.1, 0.15) is 15.9 Å². The number of carbonyl (C=O) groups is 1. The van der Waals surface area contributed by atoms with Gasteiger partial charge in [-0.2, -0.15) is 0 Å². The molecule has 19 heavy (non-hydrogen) atoms. The SMILES string of the molecule is Cc1cc(Br)cc(N)c1NC(=O)c1ccc(I)cc1. The number of benzene rings is 2. The predicted octanol–water partition coefficient (Wildman–Crippen LogP) is 4.20. The zero-order valence-corrected chi connectivity index (χ0v) is 13.9. The Morgan fingerprint density at radius 1 is 1.26 bits per heavy atom. The topological polar surface area (TPSA) is 55.1 Å². The molecule has 0 spiro atoms. The predicted molar refractivity (Wildman–Crippen MR) is 90.4 cm³/mol. The summed E-state index contributed by atoms with van der Waals surface area (Å²) in [6, 6.07) is 11.1. The molecule has 0 heterocycles. The Hall–Kier alpha value is -1.08. The van der Waals surface area contributed by atoms with Crippen molar-refractivity contribution >= 4 is 55.8 Å². The van der Waals surface area contributed by atoms with Gasteiger partial charge in [-0.05, 0) is 71.5 Å². The number of carbonyl (C=O) groups excluding carboxylic acids is 1. The van der Waals surface area contributed by atoms with Crippen molar-refractivity contribution in [3.8, 4) is 0 Å². The minimum absolute atomic E-state index is 0.159.